The molecule has 0 heterocycles. The first-order chi connectivity index (χ1) is 10.9. The zero-order chi connectivity index (χ0) is 16.8. The minimum atomic E-state index is -0.194. The van der Waals surface area contributed by atoms with Crippen LogP contribution in [0, 0.1) is 0 Å². The number of halogens is 2. The number of hydrogen-bond acceptors (Lipinski definition) is 3. The fraction of sp³-hybridized carbons (Fsp3) is 0.235. The Morgan fingerprint density at radius 2 is 1.78 bits per heavy atom. The van der Waals surface area contributed by atoms with Crippen molar-refractivity contribution in [3.63, 3.8) is 0 Å². The lowest BCUT2D eigenvalue weighted by Crippen LogP contribution is -2.22. The summed E-state index contributed by atoms with van der Waals surface area (Å²) in [4.78, 5) is 12.1. The summed E-state index contributed by atoms with van der Waals surface area (Å²) in [5.74, 6) is 0.447. The van der Waals surface area contributed by atoms with Crippen molar-refractivity contribution in [3.05, 3.63) is 52.5 Å². The quantitative estimate of drug-likeness (QED) is 0.782. The van der Waals surface area contributed by atoms with Crippen LogP contribution in [0.1, 0.15) is 13.8 Å². The number of hydrogen-bond donors (Lipinski definition) is 2. The van der Waals surface area contributed by atoms with Crippen LogP contribution in [0.4, 0.5) is 11.4 Å². The van der Waals surface area contributed by atoms with E-state index in [-0.39, 0.29) is 18.6 Å². The van der Waals surface area contributed by atoms with Crippen LogP contribution in [-0.2, 0) is 4.79 Å². The largest absolute Gasteiger partial charge is 0.489 e. The smallest absolute Gasteiger partial charge is 0.243 e. The third kappa shape index (κ3) is 5.66. The fourth-order valence-electron chi connectivity index (χ4n) is 1.96. The normalized spacial score (nSPS) is 10.5. The summed E-state index contributed by atoms with van der Waals surface area (Å²) in [6.45, 7) is 3.96. The monoisotopic (exact) mass is 352 g/mol. The Labute approximate surface area is 145 Å². The van der Waals surface area contributed by atoms with Crippen molar-refractivity contribution in [3.8, 4) is 5.75 Å². The van der Waals surface area contributed by atoms with Crippen molar-refractivity contribution in [1.29, 1.82) is 0 Å². The highest BCUT2D eigenvalue weighted by molar-refractivity contribution is 6.35. The Morgan fingerprint density at radius 1 is 1.13 bits per heavy atom. The third-order valence-corrected chi connectivity index (χ3v) is 3.28. The maximum atomic E-state index is 12.1. The standard InChI is InChI=1S/C17H18Cl2N2O2/c1-11(2)23-16-6-4-3-5-15(16)21-17(22)10-20-14-8-12(18)7-13(19)9-14/h3-9,11,20H,10H2,1-2H3,(H,21,22). The van der Waals surface area contributed by atoms with Crippen LogP contribution in [0.5, 0.6) is 5.75 Å². The van der Waals surface area contributed by atoms with Crippen LogP contribution in [0.3, 0.4) is 0 Å². The predicted octanol–water partition coefficient (Wildman–Crippen LogP) is 4.83. The van der Waals surface area contributed by atoms with Gasteiger partial charge in [0.2, 0.25) is 5.91 Å². The van der Waals surface area contributed by atoms with Gasteiger partial charge in [0.05, 0.1) is 18.3 Å². The number of carbonyl (C=O) groups excluding carboxylic acids is 1. The molecule has 2 rings (SSSR count). The van der Waals surface area contributed by atoms with Crippen LogP contribution in [0.25, 0.3) is 0 Å². The van der Waals surface area contributed by atoms with Crippen LogP contribution < -0.4 is 15.4 Å². The Balaban J connectivity index is 1.97. The van der Waals surface area contributed by atoms with Gasteiger partial charge in [-0.1, -0.05) is 35.3 Å². The highest BCUT2D eigenvalue weighted by Gasteiger charge is 2.09. The molecule has 0 saturated carbocycles. The molecule has 0 spiro atoms. The first-order valence-corrected chi connectivity index (χ1v) is 7.95. The maximum absolute atomic E-state index is 12.1. The van der Waals surface area contributed by atoms with E-state index in [1.807, 2.05) is 32.0 Å². The van der Waals surface area contributed by atoms with E-state index in [0.717, 1.165) is 0 Å². The number of anilines is 2. The molecule has 0 atom stereocenters. The molecule has 0 aliphatic heterocycles. The third-order valence-electron chi connectivity index (χ3n) is 2.84. The molecule has 2 N–H and O–H groups in total. The van der Waals surface area contributed by atoms with Crippen LogP contribution in [-0.4, -0.2) is 18.6 Å². The van der Waals surface area contributed by atoms with E-state index < -0.39 is 0 Å². The number of nitrogens with one attached hydrogen (secondary N) is 2. The summed E-state index contributed by atoms with van der Waals surface area (Å²) in [6, 6.07) is 12.4. The summed E-state index contributed by atoms with van der Waals surface area (Å²) in [5, 5.41) is 6.83. The zero-order valence-electron chi connectivity index (χ0n) is 12.9. The highest BCUT2D eigenvalue weighted by Crippen LogP contribution is 2.25. The van der Waals surface area contributed by atoms with Gasteiger partial charge in [-0.15, -0.1) is 0 Å². The average Bonchev–Trinajstić information content (AvgIpc) is 2.46. The lowest BCUT2D eigenvalue weighted by atomic mass is 10.2. The molecule has 0 radical (unpaired) electrons. The van der Waals surface area contributed by atoms with Gasteiger partial charge in [0, 0.05) is 15.7 Å². The molecule has 4 nitrogen and oxygen atoms in total. The minimum Gasteiger partial charge on any atom is -0.489 e. The van der Waals surface area contributed by atoms with Gasteiger partial charge in [-0.05, 0) is 44.2 Å². The molecule has 122 valence electrons. The minimum absolute atomic E-state index is 0.0276. The lowest BCUT2D eigenvalue weighted by Gasteiger charge is -2.15. The fourth-order valence-corrected chi connectivity index (χ4v) is 2.49. The molecule has 0 fully saturated rings. The lowest BCUT2D eigenvalue weighted by molar-refractivity contribution is -0.114. The van der Waals surface area contributed by atoms with Crippen molar-refractivity contribution in [2.45, 2.75) is 20.0 Å². The topological polar surface area (TPSA) is 50.4 Å². The molecule has 2 aromatic carbocycles. The molecule has 0 aliphatic rings. The van der Waals surface area contributed by atoms with Gasteiger partial charge in [-0.2, -0.15) is 0 Å². The van der Waals surface area contributed by atoms with Gasteiger partial charge in [0.15, 0.2) is 0 Å². The summed E-state index contributed by atoms with van der Waals surface area (Å²) < 4.78 is 5.67. The molecule has 2 aromatic rings. The number of ether oxygens (including phenoxy) is 1. The van der Waals surface area contributed by atoms with Crippen molar-refractivity contribution in [2.24, 2.45) is 0 Å². The second-order valence-electron chi connectivity index (χ2n) is 5.22. The summed E-state index contributed by atoms with van der Waals surface area (Å²) in [7, 11) is 0. The first-order valence-electron chi connectivity index (χ1n) is 7.19. The Kier molecular flexibility index (Phi) is 6.13. The van der Waals surface area contributed by atoms with Crippen molar-refractivity contribution < 1.29 is 9.53 Å². The van der Waals surface area contributed by atoms with Gasteiger partial charge in [0.1, 0.15) is 5.75 Å². The van der Waals surface area contributed by atoms with E-state index in [0.29, 0.717) is 27.2 Å². The van der Waals surface area contributed by atoms with E-state index >= 15 is 0 Å². The Morgan fingerprint density at radius 3 is 2.43 bits per heavy atom. The molecule has 0 saturated heterocycles. The van der Waals surface area contributed by atoms with Gasteiger partial charge < -0.3 is 15.4 Å². The molecular weight excluding hydrogens is 335 g/mol. The molecule has 23 heavy (non-hydrogen) atoms. The second kappa shape index (κ2) is 8.09. The SMILES string of the molecule is CC(C)Oc1ccccc1NC(=O)CNc1cc(Cl)cc(Cl)c1. The number of para-hydroxylation sites is 2. The molecule has 0 aromatic heterocycles. The van der Waals surface area contributed by atoms with E-state index in [1.54, 1.807) is 24.3 Å². The molecular formula is C17H18Cl2N2O2. The van der Waals surface area contributed by atoms with Crippen molar-refractivity contribution in [2.75, 3.05) is 17.2 Å². The van der Waals surface area contributed by atoms with Crippen molar-refractivity contribution in [1.82, 2.24) is 0 Å². The summed E-state index contributed by atoms with van der Waals surface area (Å²) in [6.07, 6.45) is 0.0276. The van der Waals surface area contributed by atoms with E-state index in [1.165, 1.54) is 0 Å². The van der Waals surface area contributed by atoms with Crippen LogP contribution in [0.2, 0.25) is 10.0 Å². The number of amides is 1. The van der Waals surface area contributed by atoms with Crippen molar-refractivity contribution >= 4 is 40.5 Å². The van der Waals surface area contributed by atoms with Crippen LogP contribution in [0.15, 0.2) is 42.5 Å². The summed E-state index contributed by atoms with van der Waals surface area (Å²) >= 11 is 11.8. The predicted molar refractivity (Wildman–Crippen MR) is 95.8 cm³/mol. The Bertz CT molecular complexity index is 670. The average molecular weight is 353 g/mol. The molecule has 0 aliphatic carbocycles. The molecule has 0 bridgehead atoms. The van der Waals surface area contributed by atoms with Gasteiger partial charge in [-0.25, -0.2) is 0 Å². The molecule has 1 amide bonds. The summed E-state index contributed by atoms with van der Waals surface area (Å²) in [5.41, 5.74) is 1.32. The van der Waals surface area contributed by atoms with E-state index in [2.05, 4.69) is 10.6 Å². The van der Waals surface area contributed by atoms with Gasteiger partial charge in [0.25, 0.3) is 0 Å². The number of benzene rings is 2. The first kappa shape index (κ1) is 17.4. The number of carbonyl (C=O) groups is 1. The molecule has 6 heteroatoms. The zero-order valence-corrected chi connectivity index (χ0v) is 14.4. The van der Waals surface area contributed by atoms with Crippen LogP contribution >= 0.6 is 23.2 Å². The van der Waals surface area contributed by atoms with Gasteiger partial charge in [-0.3, -0.25) is 4.79 Å². The number of rotatable bonds is 6. The van der Waals surface area contributed by atoms with E-state index in [9.17, 15) is 4.79 Å². The van der Waals surface area contributed by atoms with E-state index in [4.69, 9.17) is 27.9 Å². The van der Waals surface area contributed by atoms with Gasteiger partial charge >= 0.3 is 0 Å². The highest BCUT2D eigenvalue weighted by atomic mass is 35.5. The second-order valence-corrected chi connectivity index (χ2v) is 6.10. The maximum Gasteiger partial charge on any atom is 0.243 e. The Hall–Kier alpha value is -1.91. The molecule has 0 unspecified atom stereocenters.